The number of aromatic nitrogens is 1. The largest absolute Gasteiger partial charge is 0.497 e. The number of benzene rings is 2. The van der Waals surface area contributed by atoms with Gasteiger partial charge in [0.05, 0.1) is 22.2 Å². The summed E-state index contributed by atoms with van der Waals surface area (Å²) in [4.78, 5) is 31.3. The average Bonchev–Trinajstić information content (AvgIpc) is 3.44. The van der Waals surface area contributed by atoms with Gasteiger partial charge in [0.1, 0.15) is 11.8 Å². The molecule has 2 aromatic carbocycles. The number of ether oxygens (including phenoxy) is 1. The summed E-state index contributed by atoms with van der Waals surface area (Å²) < 4.78 is 35.0. The van der Waals surface area contributed by atoms with Gasteiger partial charge in [-0.1, -0.05) is 32.1 Å². The molecule has 4 rings (SSSR count). The van der Waals surface area contributed by atoms with Gasteiger partial charge < -0.3 is 15.0 Å². The Morgan fingerprint density at radius 2 is 1.97 bits per heavy atom. The van der Waals surface area contributed by atoms with Crippen LogP contribution in [-0.4, -0.2) is 44.9 Å². The molecule has 0 saturated heterocycles. The fraction of sp³-hybridized carbons (Fsp3) is 0.375. The van der Waals surface area contributed by atoms with E-state index >= 15 is 0 Å². The maximum absolute atomic E-state index is 13.2. The molecule has 11 heteroatoms. The second kappa shape index (κ2) is 9.92. The van der Waals surface area contributed by atoms with Gasteiger partial charge in [0, 0.05) is 18.7 Å². The van der Waals surface area contributed by atoms with E-state index in [9.17, 15) is 18.0 Å². The summed E-state index contributed by atoms with van der Waals surface area (Å²) in [7, 11) is -2.41. The zero-order valence-corrected chi connectivity index (χ0v) is 21.6. The molecule has 0 saturated carbocycles. The molecule has 1 aromatic heterocycles. The lowest BCUT2D eigenvalue weighted by Crippen LogP contribution is -2.47. The van der Waals surface area contributed by atoms with Gasteiger partial charge in [-0.2, -0.15) is 4.72 Å². The lowest BCUT2D eigenvalue weighted by molar-refractivity contribution is -0.119. The Kier molecular flexibility index (Phi) is 7.11. The van der Waals surface area contributed by atoms with Crippen LogP contribution in [0.25, 0.3) is 10.2 Å². The Balaban J connectivity index is 1.53. The van der Waals surface area contributed by atoms with Crippen molar-refractivity contribution in [3.05, 3.63) is 42.0 Å². The Morgan fingerprint density at radius 3 is 2.66 bits per heavy atom. The number of hydrogen-bond donors (Lipinski definition) is 2. The van der Waals surface area contributed by atoms with Crippen LogP contribution in [-0.2, 0) is 26.0 Å². The highest BCUT2D eigenvalue weighted by Crippen LogP contribution is 2.31. The third kappa shape index (κ3) is 5.16. The van der Waals surface area contributed by atoms with Crippen LogP contribution in [0.1, 0.15) is 32.8 Å². The van der Waals surface area contributed by atoms with Crippen molar-refractivity contribution in [1.82, 2.24) is 9.71 Å². The Morgan fingerprint density at radius 1 is 1.20 bits per heavy atom. The van der Waals surface area contributed by atoms with E-state index in [4.69, 9.17) is 4.74 Å². The van der Waals surface area contributed by atoms with Crippen molar-refractivity contribution in [2.24, 2.45) is 5.92 Å². The van der Waals surface area contributed by atoms with E-state index in [1.54, 1.807) is 57.0 Å². The molecular weight excluding hydrogens is 488 g/mol. The summed E-state index contributed by atoms with van der Waals surface area (Å²) >= 11 is 1.28. The maximum Gasteiger partial charge on any atom is 0.244 e. The minimum absolute atomic E-state index is 0.00214. The second-order valence-electron chi connectivity index (χ2n) is 8.62. The number of thiazole rings is 1. The van der Waals surface area contributed by atoms with Crippen molar-refractivity contribution in [2.75, 3.05) is 23.9 Å². The van der Waals surface area contributed by atoms with Gasteiger partial charge in [-0.3, -0.25) is 9.59 Å². The van der Waals surface area contributed by atoms with Gasteiger partial charge in [0.2, 0.25) is 21.8 Å². The number of rotatable bonds is 8. The van der Waals surface area contributed by atoms with Crippen molar-refractivity contribution in [2.45, 2.75) is 44.6 Å². The highest BCUT2D eigenvalue weighted by atomic mass is 32.2. The molecule has 0 spiro atoms. The number of sulfonamides is 1. The minimum Gasteiger partial charge on any atom is -0.497 e. The molecule has 35 heavy (non-hydrogen) atoms. The Bertz CT molecular complexity index is 1380. The quantitative estimate of drug-likeness (QED) is 0.473. The molecule has 2 N–H and O–H groups in total. The van der Waals surface area contributed by atoms with Crippen LogP contribution in [0.15, 0.2) is 41.3 Å². The van der Waals surface area contributed by atoms with Crippen molar-refractivity contribution in [3.63, 3.8) is 0 Å². The standard InChI is InChI=1S/C24H28N4O5S2/c1-5-21(29)28-11-10-15-12-17(7-9-19(15)28)35(31,32)27-22(14(2)3)23(30)26-24-25-18-8-6-16(33-4)13-20(18)34-24/h6-9,12-14,22,27H,5,10-11H2,1-4H3,(H,25,26,30). The second-order valence-corrected chi connectivity index (χ2v) is 11.4. The number of fused-ring (bicyclic) bond motifs is 2. The molecule has 2 heterocycles. The van der Waals surface area contributed by atoms with Crippen LogP contribution >= 0.6 is 11.3 Å². The van der Waals surface area contributed by atoms with Gasteiger partial charge in [-0.25, -0.2) is 13.4 Å². The zero-order valence-electron chi connectivity index (χ0n) is 20.0. The molecule has 2 amide bonds. The average molecular weight is 517 g/mol. The monoisotopic (exact) mass is 516 g/mol. The number of carbonyl (C=O) groups excluding carboxylic acids is 2. The number of anilines is 2. The van der Waals surface area contributed by atoms with Crippen molar-refractivity contribution in [1.29, 1.82) is 0 Å². The van der Waals surface area contributed by atoms with Gasteiger partial charge in [0.15, 0.2) is 5.13 Å². The van der Waals surface area contributed by atoms with E-state index in [1.165, 1.54) is 17.4 Å². The summed E-state index contributed by atoms with van der Waals surface area (Å²) in [6.07, 6.45) is 0.968. The molecule has 9 nitrogen and oxygen atoms in total. The Labute approximate surface area is 208 Å². The zero-order chi connectivity index (χ0) is 25.3. The summed E-state index contributed by atoms with van der Waals surface area (Å²) in [6.45, 7) is 5.87. The van der Waals surface area contributed by atoms with Gasteiger partial charge >= 0.3 is 0 Å². The number of hydrogen-bond acceptors (Lipinski definition) is 7. The van der Waals surface area contributed by atoms with E-state index < -0.39 is 22.0 Å². The Hall–Kier alpha value is -3.02. The topological polar surface area (TPSA) is 118 Å². The predicted octanol–water partition coefficient (Wildman–Crippen LogP) is 3.55. The van der Waals surface area contributed by atoms with Crippen molar-refractivity contribution < 1.29 is 22.7 Å². The van der Waals surface area contributed by atoms with Gasteiger partial charge in [-0.05, 0) is 54.3 Å². The lowest BCUT2D eigenvalue weighted by Gasteiger charge is -2.21. The third-order valence-electron chi connectivity index (χ3n) is 5.92. The number of carbonyl (C=O) groups is 2. The number of nitrogens with zero attached hydrogens (tertiary/aromatic N) is 2. The lowest BCUT2D eigenvalue weighted by atomic mass is 10.1. The molecule has 0 fully saturated rings. The first-order valence-corrected chi connectivity index (χ1v) is 13.6. The van der Waals surface area contributed by atoms with Crippen LogP contribution in [0.4, 0.5) is 10.8 Å². The smallest absolute Gasteiger partial charge is 0.244 e. The number of methoxy groups -OCH3 is 1. The van der Waals surface area contributed by atoms with Gasteiger partial charge in [0.25, 0.3) is 0 Å². The molecule has 0 radical (unpaired) electrons. The summed E-state index contributed by atoms with van der Waals surface area (Å²) in [5, 5.41) is 3.12. The number of amides is 2. The molecule has 1 unspecified atom stereocenters. The fourth-order valence-corrected chi connectivity index (χ4v) is 6.28. The van der Waals surface area contributed by atoms with Crippen LogP contribution in [0.3, 0.4) is 0 Å². The minimum atomic E-state index is -3.99. The molecule has 0 aliphatic carbocycles. The summed E-state index contributed by atoms with van der Waals surface area (Å²) in [6, 6.07) is 9.11. The SMILES string of the molecule is CCC(=O)N1CCc2cc(S(=O)(=O)NC(C(=O)Nc3nc4ccc(OC)cc4s3)C(C)C)ccc21. The maximum atomic E-state index is 13.2. The van der Waals surface area contributed by atoms with E-state index in [2.05, 4.69) is 15.0 Å². The first-order chi connectivity index (χ1) is 16.6. The molecule has 1 aliphatic heterocycles. The molecular formula is C24H28N4O5S2. The van der Waals surface area contributed by atoms with E-state index in [0.29, 0.717) is 35.8 Å². The number of nitrogens with one attached hydrogen (secondary N) is 2. The first kappa shape index (κ1) is 25.1. The molecule has 3 aromatic rings. The van der Waals surface area contributed by atoms with Crippen LogP contribution < -0.4 is 19.7 Å². The van der Waals surface area contributed by atoms with Gasteiger partial charge in [-0.15, -0.1) is 0 Å². The fourth-order valence-electron chi connectivity index (χ4n) is 3.99. The molecule has 0 bridgehead atoms. The predicted molar refractivity (Wildman–Crippen MR) is 137 cm³/mol. The summed E-state index contributed by atoms with van der Waals surface area (Å²) in [5.41, 5.74) is 2.24. The summed E-state index contributed by atoms with van der Waals surface area (Å²) in [5.74, 6) is -0.118. The molecule has 186 valence electrons. The highest BCUT2D eigenvalue weighted by molar-refractivity contribution is 7.89. The van der Waals surface area contributed by atoms with Crippen molar-refractivity contribution >= 4 is 54.2 Å². The highest BCUT2D eigenvalue weighted by Gasteiger charge is 2.31. The molecule has 1 atom stereocenters. The third-order valence-corrected chi connectivity index (χ3v) is 8.29. The van der Waals surface area contributed by atoms with Crippen LogP contribution in [0, 0.1) is 5.92 Å². The normalized spacial score (nSPS) is 14.3. The first-order valence-electron chi connectivity index (χ1n) is 11.3. The van der Waals surface area contributed by atoms with E-state index in [1.807, 2.05) is 6.07 Å². The van der Waals surface area contributed by atoms with E-state index in [-0.39, 0.29) is 16.7 Å². The van der Waals surface area contributed by atoms with Crippen molar-refractivity contribution in [3.8, 4) is 5.75 Å². The van der Waals surface area contributed by atoms with E-state index in [0.717, 1.165) is 16.0 Å². The molecule has 1 aliphatic rings. The van der Waals surface area contributed by atoms with Crippen LogP contribution in [0.2, 0.25) is 0 Å². The van der Waals surface area contributed by atoms with Crippen LogP contribution in [0.5, 0.6) is 5.75 Å².